The van der Waals surface area contributed by atoms with Crippen molar-refractivity contribution < 1.29 is 19.4 Å². The van der Waals surface area contributed by atoms with E-state index in [1.165, 1.54) is 4.90 Å². The molecule has 1 aliphatic rings. The molecule has 2 atom stereocenters. The Labute approximate surface area is 147 Å². The Kier molecular flexibility index (Phi) is 5.75. The molecule has 2 rings (SSSR count). The lowest BCUT2D eigenvalue weighted by atomic mass is 9.81. The summed E-state index contributed by atoms with van der Waals surface area (Å²) in [5.41, 5.74) is 0.469. The zero-order chi connectivity index (χ0) is 17.9. The van der Waals surface area contributed by atoms with Crippen molar-refractivity contribution in [2.75, 3.05) is 13.1 Å². The number of halogens is 1. The number of carboxylic acid groups (broad SMARTS) is 1. The zero-order valence-electron chi connectivity index (χ0n) is 14.3. The highest BCUT2D eigenvalue weighted by atomic mass is 35.5. The minimum absolute atomic E-state index is 0.0117. The lowest BCUT2D eigenvalue weighted by Crippen LogP contribution is -2.48. The fraction of sp³-hybridized carbons (Fsp3) is 0.556. The first kappa shape index (κ1) is 18.6. The van der Waals surface area contributed by atoms with Gasteiger partial charge in [-0.15, -0.1) is 0 Å². The molecule has 1 aliphatic heterocycles. The summed E-state index contributed by atoms with van der Waals surface area (Å²) in [5, 5.41) is 10.2. The molecule has 0 unspecified atom stereocenters. The minimum atomic E-state index is -0.873. The number of nitrogens with zero attached hydrogens (tertiary/aromatic N) is 1. The maximum atomic E-state index is 12.2. The smallest absolute Gasteiger partial charge is 0.410 e. The second kappa shape index (κ2) is 7.43. The molecule has 0 spiro atoms. The Balaban J connectivity index is 2.04. The number of piperidine rings is 1. The van der Waals surface area contributed by atoms with Crippen molar-refractivity contribution in [1.82, 2.24) is 4.90 Å². The van der Waals surface area contributed by atoms with Crippen LogP contribution in [0.4, 0.5) is 4.79 Å². The first-order valence-corrected chi connectivity index (χ1v) is 8.48. The van der Waals surface area contributed by atoms with Gasteiger partial charge in [-0.1, -0.05) is 23.7 Å². The van der Waals surface area contributed by atoms with E-state index in [1.807, 2.05) is 24.3 Å². The second-order valence-corrected chi connectivity index (χ2v) is 7.69. The van der Waals surface area contributed by atoms with Crippen molar-refractivity contribution in [1.29, 1.82) is 0 Å². The summed E-state index contributed by atoms with van der Waals surface area (Å²) in [5.74, 6) is -1.48. The number of carboxylic acids is 1. The van der Waals surface area contributed by atoms with Gasteiger partial charge in [-0.25, -0.2) is 4.79 Å². The summed E-state index contributed by atoms with van der Waals surface area (Å²) in [6.45, 7) is 6.09. The van der Waals surface area contributed by atoms with Gasteiger partial charge in [-0.3, -0.25) is 4.79 Å². The van der Waals surface area contributed by atoms with E-state index in [-0.39, 0.29) is 12.5 Å². The zero-order valence-corrected chi connectivity index (χ0v) is 15.0. The molecule has 0 aromatic heterocycles. The number of likely N-dealkylation sites (tertiary alicyclic amines) is 1. The Hall–Kier alpha value is -1.75. The number of amides is 1. The number of aliphatic carboxylic acids is 1. The van der Waals surface area contributed by atoms with Crippen LogP contribution in [0.2, 0.25) is 5.02 Å². The molecular formula is C18H24ClNO4. The largest absolute Gasteiger partial charge is 0.481 e. The van der Waals surface area contributed by atoms with E-state index in [2.05, 4.69) is 0 Å². The van der Waals surface area contributed by atoms with Gasteiger partial charge in [0.25, 0.3) is 0 Å². The average molecular weight is 354 g/mol. The Morgan fingerprint density at radius 1 is 1.29 bits per heavy atom. The number of carbonyl (C=O) groups is 2. The van der Waals surface area contributed by atoms with E-state index in [4.69, 9.17) is 16.3 Å². The molecule has 1 N–H and O–H groups in total. The molecule has 1 saturated heterocycles. The van der Waals surface area contributed by atoms with Crippen LogP contribution >= 0.6 is 11.6 Å². The van der Waals surface area contributed by atoms with Gasteiger partial charge in [-0.05, 0) is 57.2 Å². The highest BCUT2D eigenvalue weighted by Gasteiger charge is 2.37. The molecule has 1 aromatic carbocycles. The molecule has 0 saturated carbocycles. The lowest BCUT2D eigenvalue weighted by molar-refractivity contribution is -0.145. The highest BCUT2D eigenvalue weighted by Crippen LogP contribution is 2.29. The van der Waals surface area contributed by atoms with E-state index >= 15 is 0 Å². The van der Waals surface area contributed by atoms with Crippen molar-refractivity contribution in [2.24, 2.45) is 11.8 Å². The van der Waals surface area contributed by atoms with Gasteiger partial charge in [-0.2, -0.15) is 0 Å². The molecule has 0 bridgehead atoms. The van der Waals surface area contributed by atoms with Gasteiger partial charge >= 0.3 is 12.1 Å². The number of hydrogen-bond acceptors (Lipinski definition) is 3. The van der Waals surface area contributed by atoms with E-state index in [9.17, 15) is 14.7 Å². The summed E-state index contributed by atoms with van der Waals surface area (Å²) >= 11 is 5.89. The van der Waals surface area contributed by atoms with Crippen molar-refractivity contribution in [2.45, 2.75) is 39.2 Å². The van der Waals surface area contributed by atoms with Crippen LogP contribution in [0, 0.1) is 11.8 Å². The van der Waals surface area contributed by atoms with Crippen molar-refractivity contribution >= 4 is 23.7 Å². The minimum Gasteiger partial charge on any atom is -0.481 e. The summed E-state index contributed by atoms with van der Waals surface area (Å²) < 4.78 is 5.35. The normalized spacial score (nSPS) is 21.4. The van der Waals surface area contributed by atoms with E-state index in [0.717, 1.165) is 5.56 Å². The molecule has 0 radical (unpaired) electrons. The van der Waals surface area contributed by atoms with Gasteiger partial charge < -0.3 is 14.7 Å². The van der Waals surface area contributed by atoms with Crippen LogP contribution in [-0.2, 0) is 16.0 Å². The number of ether oxygens (including phenoxy) is 1. The van der Waals surface area contributed by atoms with Crippen LogP contribution in [0.15, 0.2) is 24.3 Å². The topological polar surface area (TPSA) is 66.8 Å². The van der Waals surface area contributed by atoms with Crippen LogP contribution in [0.3, 0.4) is 0 Å². The van der Waals surface area contributed by atoms with E-state index in [1.54, 1.807) is 20.8 Å². The second-order valence-electron chi connectivity index (χ2n) is 7.25. The van der Waals surface area contributed by atoms with Crippen molar-refractivity contribution in [3.8, 4) is 0 Å². The molecule has 1 fully saturated rings. The fourth-order valence-corrected chi connectivity index (χ4v) is 3.07. The SMILES string of the molecule is CC(C)(C)OC(=O)N1CC[C@@H](Cc2ccc(Cl)cc2)[C@H](C(=O)O)C1. The first-order valence-electron chi connectivity index (χ1n) is 8.11. The van der Waals surface area contributed by atoms with Crippen LogP contribution in [0.5, 0.6) is 0 Å². The van der Waals surface area contributed by atoms with Crippen LogP contribution < -0.4 is 0 Å². The van der Waals surface area contributed by atoms with Gasteiger partial charge in [0, 0.05) is 18.1 Å². The number of rotatable bonds is 3. The first-order chi connectivity index (χ1) is 11.2. The van der Waals surface area contributed by atoms with Crippen molar-refractivity contribution in [3.63, 3.8) is 0 Å². The van der Waals surface area contributed by atoms with Crippen molar-refractivity contribution in [3.05, 3.63) is 34.9 Å². The van der Waals surface area contributed by atoms with Gasteiger partial charge in [0.05, 0.1) is 5.92 Å². The number of carbonyl (C=O) groups excluding carboxylic acids is 1. The molecule has 132 valence electrons. The summed E-state index contributed by atoms with van der Waals surface area (Å²) in [7, 11) is 0. The maximum Gasteiger partial charge on any atom is 0.410 e. The van der Waals surface area contributed by atoms with E-state index < -0.39 is 23.6 Å². The Morgan fingerprint density at radius 3 is 2.46 bits per heavy atom. The molecule has 24 heavy (non-hydrogen) atoms. The van der Waals surface area contributed by atoms with Gasteiger partial charge in [0.1, 0.15) is 5.60 Å². The van der Waals surface area contributed by atoms with Gasteiger partial charge in [0.15, 0.2) is 0 Å². The predicted octanol–water partition coefficient (Wildman–Crippen LogP) is 3.84. The van der Waals surface area contributed by atoms with Gasteiger partial charge in [0.2, 0.25) is 0 Å². The summed E-state index contributed by atoms with van der Waals surface area (Å²) in [6.07, 6.45) is 0.855. The van der Waals surface area contributed by atoms with E-state index in [0.29, 0.717) is 24.4 Å². The lowest BCUT2D eigenvalue weighted by Gasteiger charge is -2.37. The highest BCUT2D eigenvalue weighted by molar-refractivity contribution is 6.30. The average Bonchev–Trinajstić information content (AvgIpc) is 2.48. The molecule has 0 aliphatic carbocycles. The predicted molar refractivity (Wildman–Crippen MR) is 92.2 cm³/mol. The van der Waals surface area contributed by atoms with Crippen LogP contribution in [0.1, 0.15) is 32.8 Å². The van der Waals surface area contributed by atoms with Crippen LogP contribution in [0.25, 0.3) is 0 Å². The Morgan fingerprint density at radius 2 is 1.92 bits per heavy atom. The standard InChI is InChI=1S/C18H24ClNO4/c1-18(2,3)24-17(23)20-9-8-13(15(11-20)16(21)22)10-12-4-6-14(19)7-5-12/h4-7,13,15H,8-11H2,1-3H3,(H,21,22)/t13-,15+/m0/s1. The third kappa shape index (κ3) is 5.13. The quantitative estimate of drug-likeness (QED) is 0.896. The molecule has 6 heteroatoms. The maximum absolute atomic E-state index is 12.2. The summed E-state index contributed by atoms with van der Waals surface area (Å²) in [6, 6.07) is 7.45. The third-order valence-corrected chi connectivity index (χ3v) is 4.39. The Bertz CT molecular complexity index is 594. The van der Waals surface area contributed by atoms with Crippen LogP contribution in [-0.4, -0.2) is 40.8 Å². The number of benzene rings is 1. The molecular weight excluding hydrogens is 330 g/mol. The molecule has 1 aromatic rings. The monoisotopic (exact) mass is 353 g/mol. The fourth-order valence-electron chi connectivity index (χ4n) is 2.94. The summed E-state index contributed by atoms with van der Waals surface area (Å²) in [4.78, 5) is 25.3. The third-order valence-electron chi connectivity index (χ3n) is 4.14. The number of hydrogen-bond donors (Lipinski definition) is 1. The molecule has 1 heterocycles. The molecule has 5 nitrogen and oxygen atoms in total. The molecule has 1 amide bonds.